The molecule has 0 spiro atoms. The lowest BCUT2D eigenvalue weighted by atomic mass is 10.3. The maximum atomic E-state index is 5.80. The van der Waals surface area contributed by atoms with E-state index in [1.54, 1.807) is 25.3 Å². The molecule has 0 radical (unpaired) electrons. The molecule has 0 unspecified atom stereocenters. The zero-order chi connectivity index (χ0) is 13.1. The van der Waals surface area contributed by atoms with Crippen LogP contribution in [-0.4, -0.2) is 17.1 Å². The van der Waals surface area contributed by atoms with Crippen molar-refractivity contribution in [2.24, 2.45) is 0 Å². The summed E-state index contributed by atoms with van der Waals surface area (Å²) in [6, 6.07) is 7.38. The molecule has 2 aromatic rings. The normalized spacial score (nSPS) is 10.2. The Morgan fingerprint density at radius 1 is 1.06 bits per heavy atom. The molecule has 5 heteroatoms. The SMILES string of the molecule is COc1ccc(Oc2nc(C)cc(C)n2)cc1N. The number of nitrogen functional groups attached to an aromatic ring is 1. The molecule has 0 atom stereocenters. The first-order valence-corrected chi connectivity index (χ1v) is 5.52. The maximum Gasteiger partial charge on any atom is 0.322 e. The van der Waals surface area contributed by atoms with Crippen LogP contribution in [0, 0.1) is 13.8 Å². The van der Waals surface area contributed by atoms with Crippen LogP contribution >= 0.6 is 0 Å². The number of hydrogen-bond donors (Lipinski definition) is 1. The minimum atomic E-state index is 0.317. The summed E-state index contributed by atoms with van der Waals surface area (Å²) in [5, 5.41) is 0. The summed E-state index contributed by atoms with van der Waals surface area (Å²) in [4.78, 5) is 8.39. The van der Waals surface area contributed by atoms with Gasteiger partial charge < -0.3 is 15.2 Å². The first-order valence-electron chi connectivity index (χ1n) is 5.52. The number of aryl methyl sites for hydroxylation is 2. The van der Waals surface area contributed by atoms with Crippen LogP contribution in [-0.2, 0) is 0 Å². The Bertz CT molecular complexity index is 550. The van der Waals surface area contributed by atoms with E-state index in [1.165, 1.54) is 0 Å². The molecule has 0 bridgehead atoms. The number of hydrogen-bond acceptors (Lipinski definition) is 5. The molecule has 1 aromatic heterocycles. The second kappa shape index (κ2) is 4.91. The van der Waals surface area contributed by atoms with Gasteiger partial charge in [0, 0.05) is 17.5 Å². The van der Waals surface area contributed by atoms with Gasteiger partial charge in [-0.1, -0.05) is 0 Å². The van der Waals surface area contributed by atoms with Crippen LogP contribution < -0.4 is 15.2 Å². The Kier molecular flexibility index (Phi) is 3.32. The summed E-state index contributed by atoms with van der Waals surface area (Å²) in [6.45, 7) is 3.79. The van der Waals surface area contributed by atoms with Gasteiger partial charge in [-0.05, 0) is 32.0 Å². The van der Waals surface area contributed by atoms with Crippen molar-refractivity contribution in [2.75, 3.05) is 12.8 Å². The van der Waals surface area contributed by atoms with Crippen molar-refractivity contribution in [1.29, 1.82) is 0 Å². The fraction of sp³-hybridized carbons (Fsp3) is 0.231. The molecule has 5 nitrogen and oxygen atoms in total. The highest BCUT2D eigenvalue weighted by atomic mass is 16.5. The van der Waals surface area contributed by atoms with Crippen LogP contribution in [0.2, 0.25) is 0 Å². The molecule has 0 amide bonds. The van der Waals surface area contributed by atoms with E-state index >= 15 is 0 Å². The monoisotopic (exact) mass is 245 g/mol. The largest absolute Gasteiger partial charge is 0.495 e. The first-order chi connectivity index (χ1) is 8.58. The number of ether oxygens (including phenoxy) is 2. The van der Waals surface area contributed by atoms with Gasteiger partial charge in [0.1, 0.15) is 11.5 Å². The van der Waals surface area contributed by atoms with Gasteiger partial charge in [0.2, 0.25) is 0 Å². The molecular weight excluding hydrogens is 230 g/mol. The summed E-state index contributed by atoms with van der Waals surface area (Å²) in [7, 11) is 1.57. The summed E-state index contributed by atoms with van der Waals surface area (Å²) < 4.78 is 10.6. The van der Waals surface area contributed by atoms with E-state index in [0.29, 0.717) is 23.2 Å². The predicted octanol–water partition coefficient (Wildman–Crippen LogP) is 2.48. The Balaban J connectivity index is 2.25. The number of anilines is 1. The van der Waals surface area contributed by atoms with Crippen molar-refractivity contribution in [3.05, 3.63) is 35.7 Å². The smallest absolute Gasteiger partial charge is 0.322 e. The number of nitrogens with two attached hydrogens (primary N) is 1. The molecule has 0 saturated carbocycles. The van der Waals surface area contributed by atoms with Crippen LogP contribution in [0.15, 0.2) is 24.3 Å². The molecule has 18 heavy (non-hydrogen) atoms. The third-order valence-corrected chi connectivity index (χ3v) is 2.37. The van der Waals surface area contributed by atoms with Gasteiger partial charge in [-0.2, -0.15) is 0 Å². The Hall–Kier alpha value is -2.30. The highest BCUT2D eigenvalue weighted by molar-refractivity contribution is 5.56. The molecule has 0 fully saturated rings. The zero-order valence-corrected chi connectivity index (χ0v) is 10.6. The minimum absolute atomic E-state index is 0.317. The topological polar surface area (TPSA) is 70.3 Å². The van der Waals surface area contributed by atoms with Gasteiger partial charge in [-0.3, -0.25) is 0 Å². The highest BCUT2D eigenvalue weighted by Gasteiger charge is 2.05. The van der Waals surface area contributed by atoms with Crippen molar-refractivity contribution in [2.45, 2.75) is 13.8 Å². The molecule has 94 valence electrons. The van der Waals surface area contributed by atoms with Crippen molar-refractivity contribution >= 4 is 5.69 Å². The van der Waals surface area contributed by atoms with Gasteiger partial charge in [0.15, 0.2) is 0 Å². The Labute approximate surface area is 106 Å². The number of benzene rings is 1. The van der Waals surface area contributed by atoms with Crippen molar-refractivity contribution < 1.29 is 9.47 Å². The molecule has 0 aliphatic heterocycles. The number of aromatic nitrogens is 2. The highest BCUT2D eigenvalue weighted by Crippen LogP contribution is 2.28. The fourth-order valence-corrected chi connectivity index (χ4v) is 1.62. The zero-order valence-electron chi connectivity index (χ0n) is 10.6. The molecule has 1 aromatic carbocycles. The minimum Gasteiger partial charge on any atom is -0.495 e. The van der Waals surface area contributed by atoms with Crippen LogP contribution in [0.5, 0.6) is 17.5 Å². The third-order valence-electron chi connectivity index (χ3n) is 2.37. The van der Waals surface area contributed by atoms with Crippen LogP contribution in [0.4, 0.5) is 5.69 Å². The van der Waals surface area contributed by atoms with Crippen molar-refractivity contribution in [1.82, 2.24) is 9.97 Å². The molecular formula is C13H15N3O2. The number of rotatable bonds is 3. The van der Waals surface area contributed by atoms with E-state index in [0.717, 1.165) is 11.4 Å². The van der Waals surface area contributed by atoms with Crippen molar-refractivity contribution in [3.8, 4) is 17.5 Å². The van der Waals surface area contributed by atoms with E-state index in [9.17, 15) is 0 Å². The average Bonchev–Trinajstić information content (AvgIpc) is 2.27. The summed E-state index contributed by atoms with van der Waals surface area (Å²) >= 11 is 0. The molecule has 0 aliphatic carbocycles. The van der Waals surface area contributed by atoms with E-state index < -0.39 is 0 Å². The lowest BCUT2D eigenvalue weighted by molar-refractivity contribution is 0.412. The van der Waals surface area contributed by atoms with E-state index in [1.807, 2.05) is 19.9 Å². The molecule has 2 N–H and O–H groups in total. The lowest BCUT2D eigenvalue weighted by Gasteiger charge is -2.08. The molecule has 0 saturated heterocycles. The second-order valence-electron chi connectivity index (χ2n) is 3.94. The lowest BCUT2D eigenvalue weighted by Crippen LogP contribution is -1.97. The standard InChI is InChI=1S/C13H15N3O2/c1-8-6-9(2)16-13(15-8)18-10-4-5-12(17-3)11(14)7-10/h4-7H,14H2,1-3H3. The second-order valence-corrected chi connectivity index (χ2v) is 3.94. The van der Waals surface area contributed by atoms with Gasteiger partial charge in [-0.25, -0.2) is 9.97 Å². The van der Waals surface area contributed by atoms with E-state index in [-0.39, 0.29) is 0 Å². The van der Waals surface area contributed by atoms with Gasteiger partial charge >= 0.3 is 6.01 Å². The quantitative estimate of drug-likeness (QED) is 0.841. The van der Waals surface area contributed by atoms with Gasteiger partial charge in [-0.15, -0.1) is 0 Å². The summed E-state index contributed by atoms with van der Waals surface area (Å²) in [6.07, 6.45) is 0. The summed E-state index contributed by atoms with van der Waals surface area (Å²) in [5.41, 5.74) is 8.03. The van der Waals surface area contributed by atoms with Crippen LogP contribution in [0.1, 0.15) is 11.4 Å². The molecule has 1 heterocycles. The first kappa shape index (κ1) is 12.2. The Morgan fingerprint density at radius 2 is 1.72 bits per heavy atom. The van der Waals surface area contributed by atoms with Crippen molar-refractivity contribution in [3.63, 3.8) is 0 Å². The number of nitrogens with zero attached hydrogens (tertiary/aromatic N) is 2. The van der Waals surface area contributed by atoms with E-state index in [2.05, 4.69) is 9.97 Å². The van der Waals surface area contributed by atoms with Gasteiger partial charge in [0.05, 0.1) is 12.8 Å². The average molecular weight is 245 g/mol. The van der Waals surface area contributed by atoms with Crippen LogP contribution in [0.3, 0.4) is 0 Å². The predicted molar refractivity (Wildman–Crippen MR) is 69.0 cm³/mol. The third kappa shape index (κ3) is 2.68. The molecule has 2 rings (SSSR count). The summed E-state index contributed by atoms with van der Waals surface area (Å²) in [5.74, 6) is 1.20. The Morgan fingerprint density at radius 3 is 2.28 bits per heavy atom. The number of methoxy groups -OCH3 is 1. The maximum absolute atomic E-state index is 5.80. The van der Waals surface area contributed by atoms with E-state index in [4.69, 9.17) is 15.2 Å². The van der Waals surface area contributed by atoms with Gasteiger partial charge in [0.25, 0.3) is 0 Å². The fourth-order valence-electron chi connectivity index (χ4n) is 1.62. The van der Waals surface area contributed by atoms with Crippen LogP contribution in [0.25, 0.3) is 0 Å². The molecule has 0 aliphatic rings.